The Kier molecular flexibility index (Phi) is 5.18. The third-order valence-electron chi connectivity index (χ3n) is 2.62. The molecule has 0 aliphatic heterocycles. The zero-order chi connectivity index (χ0) is 15.7. The fourth-order valence-corrected chi connectivity index (χ4v) is 1.78. The van der Waals surface area contributed by atoms with Gasteiger partial charge in [0.15, 0.2) is 0 Å². The molecule has 7 heteroatoms. The molecule has 0 heterocycles. The second kappa shape index (κ2) is 6.11. The van der Waals surface area contributed by atoms with Crippen LogP contribution in [0.2, 0.25) is 5.02 Å². The van der Waals surface area contributed by atoms with Crippen LogP contribution in [0.15, 0.2) is 12.1 Å². The maximum absolute atomic E-state index is 12.0. The van der Waals surface area contributed by atoms with E-state index in [0.29, 0.717) is 5.02 Å². The summed E-state index contributed by atoms with van der Waals surface area (Å²) in [7, 11) is 0. The van der Waals surface area contributed by atoms with Gasteiger partial charge < -0.3 is 15.5 Å². The van der Waals surface area contributed by atoms with Crippen molar-refractivity contribution in [2.75, 3.05) is 5.32 Å². The van der Waals surface area contributed by atoms with E-state index in [2.05, 4.69) is 18.1 Å². The van der Waals surface area contributed by atoms with Gasteiger partial charge in [0.1, 0.15) is 5.75 Å². The molecule has 0 aliphatic carbocycles. The number of phenols is 1. The van der Waals surface area contributed by atoms with Crippen molar-refractivity contribution in [2.45, 2.75) is 39.3 Å². The minimum atomic E-state index is -0.904. The van der Waals surface area contributed by atoms with Gasteiger partial charge in [-0.25, -0.2) is 4.79 Å². The molecule has 1 aromatic rings. The molecule has 0 radical (unpaired) electrons. The first-order chi connectivity index (χ1) is 9.04. The number of aromatic hydroxyl groups is 1. The van der Waals surface area contributed by atoms with Crippen LogP contribution >= 0.6 is 24.4 Å². The molecule has 0 fully saturated rings. The van der Waals surface area contributed by atoms with E-state index in [1.165, 1.54) is 23.4 Å². The first-order valence-electron chi connectivity index (χ1n) is 6.04. The van der Waals surface area contributed by atoms with Gasteiger partial charge in [-0.2, -0.15) is 0 Å². The summed E-state index contributed by atoms with van der Waals surface area (Å²) in [5.74, 6) is -0.214. The Morgan fingerprint density at radius 3 is 2.45 bits per heavy atom. The minimum absolute atomic E-state index is 0.127. The number of carbonyl (C=O) groups excluding carboxylic acids is 1. The van der Waals surface area contributed by atoms with Crippen molar-refractivity contribution < 1.29 is 15.0 Å². The molecule has 0 aliphatic rings. The number of halogens is 1. The maximum Gasteiger partial charge on any atom is 0.332 e. The van der Waals surface area contributed by atoms with E-state index in [9.17, 15) is 15.0 Å². The monoisotopic (exact) mass is 318 g/mol. The average molecular weight is 319 g/mol. The molecule has 112 valence electrons. The van der Waals surface area contributed by atoms with Crippen molar-refractivity contribution >= 4 is 36.1 Å². The Bertz CT molecular complexity index is 515. The Balaban J connectivity index is 3.07. The predicted octanol–water partition coefficient (Wildman–Crippen LogP) is 3.58. The van der Waals surface area contributed by atoms with Crippen molar-refractivity contribution in [3.63, 3.8) is 0 Å². The summed E-state index contributed by atoms with van der Waals surface area (Å²) in [6.45, 7) is 6.95. The van der Waals surface area contributed by atoms with Gasteiger partial charge in [-0.1, -0.05) is 24.4 Å². The van der Waals surface area contributed by atoms with Gasteiger partial charge in [0.2, 0.25) is 0 Å². The molecule has 0 bridgehead atoms. The molecule has 1 rings (SSSR count). The van der Waals surface area contributed by atoms with Crippen LogP contribution in [0.25, 0.3) is 0 Å². The second-order valence-electron chi connectivity index (χ2n) is 5.48. The number of nitrogens with one attached hydrogen (secondary N) is 1. The van der Waals surface area contributed by atoms with Crippen LogP contribution in [-0.4, -0.2) is 26.1 Å². The lowest BCUT2D eigenvalue weighted by atomic mass is 10.1. The highest BCUT2D eigenvalue weighted by Gasteiger charge is 2.25. The number of hydrogen-bond donors (Lipinski definition) is 4. The highest BCUT2D eigenvalue weighted by Crippen LogP contribution is 2.35. The smallest absolute Gasteiger partial charge is 0.332 e. The maximum atomic E-state index is 12.0. The van der Waals surface area contributed by atoms with Crippen LogP contribution in [0.5, 0.6) is 5.75 Å². The summed E-state index contributed by atoms with van der Waals surface area (Å²) < 4.78 is 1.20. The van der Waals surface area contributed by atoms with Gasteiger partial charge in [0.25, 0.3) is 0 Å². The number of carbonyl (C=O) groups is 1. The van der Waals surface area contributed by atoms with Crippen LogP contribution in [0.1, 0.15) is 39.4 Å². The summed E-state index contributed by atoms with van der Waals surface area (Å²) in [6, 6.07) is 2.35. The van der Waals surface area contributed by atoms with Crippen LogP contribution < -0.4 is 5.32 Å². The number of nitrogens with zero attached hydrogens (tertiary/aromatic N) is 1. The molecule has 0 aromatic heterocycles. The quantitative estimate of drug-likeness (QED) is 0.497. The Morgan fingerprint density at radius 2 is 2.00 bits per heavy atom. The van der Waals surface area contributed by atoms with Gasteiger partial charge in [0.05, 0.1) is 11.8 Å². The van der Waals surface area contributed by atoms with E-state index in [1.807, 2.05) is 20.8 Å². The molecule has 1 atom stereocenters. The molecule has 2 amide bonds. The third kappa shape index (κ3) is 3.94. The number of benzene rings is 1. The molecule has 0 saturated heterocycles. The average Bonchev–Trinajstić information content (AvgIpc) is 2.30. The number of aliphatic hydroxyl groups excluding tert-OH is 1. The molecular formula is C13H19ClN2O3S. The molecule has 1 aromatic carbocycles. The molecule has 0 spiro atoms. The van der Waals surface area contributed by atoms with Crippen LogP contribution in [0.3, 0.4) is 0 Å². The Labute approximate surface area is 129 Å². The zero-order valence-corrected chi connectivity index (χ0v) is 13.5. The van der Waals surface area contributed by atoms with E-state index < -0.39 is 17.7 Å². The summed E-state index contributed by atoms with van der Waals surface area (Å²) in [4.78, 5) is 12.0. The van der Waals surface area contributed by atoms with Gasteiger partial charge >= 0.3 is 6.03 Å². The van der Waals surface area contributed by atoms with Crippen molar-refractivity contribution in [2.24, 2.45) is 0 Å². The standard InChI is InChI=1S/C13H19ClN2O3S/c1-7(17)9-5-8(14)6-10(11(9)18)15-12(19)16(20)13(2,3)4/h5-7,17-18,20H,1-4H3,(H,15,19). The zero-order valence-electron chi connectivity index (χ0n) is 11.8. The van der Waals surface area contributed by atoms with Crippen molar-refractivity contribution in [1.82, 2.24) is 4.31 Å². The molecule has 0 saturated carbocycles. The number of aliphatic hydroxyl groups is 1. The number of anilines is 1. The number of thiol groups is 1. The van der Waals surface area contributed by atoms with Gasteiger partial charge in [-0.05, 0) is 39.8 Å². The van der Waals surface area contributed by atoms with E-state index in [-0.39, 0.29) is 17.0 Å². The lowest BCUT2D eigenvalue weighted by Gasteiger charge is -2.30. The summed E-state index contributed by atoms with van der Waals surface area (Å²) in [5.41, 5.74) is -0.120. The van der Waals surface area contributed by atoms with Crippen LogP contribution in [0.4, 0.5) is 10.5 Å². The fraction of sp³-hybridized carbons (Fsp3) is 0.462. The van der Waals surface area contributed by atoms with Gasteiger partial charge in [-0.15, -0.1) is 0 Å². The van der Waals surface area contributed by atoms with Crippen LogP contribution in [0, 0.1) is 0 Å². The second-order valence-corrected chi connectivity index (χ2v) is 6.32. The minimum Gasteiger partial charge on any atom is -0.505 e. The molecule has 20 heavy (non-hydrogen) atoms. The number of amides is 2. The molecule has 3 N–H and O–H groups in total. The normalized spacial score (nSPS) is 12.9. The largest absolute Gasteiger partial charge is 0.505 e. The molecular weight excluding hydrogens is 300 g/mol. The van der Waals surface area contributed by atoms with E-state index in [4.69, 9.17) is 11.6 Å². The number of rotatable bonds is 2. The topological polar surface area (TPSA) is 72.8 Å². The lowest BCUT2D eigenvalue weighted by Crippen LogP contribution is -2.41. The van der Waals surface area contributed by atoms with Crippen molar-refractivity contribution in [3.05, 3.63) is 22.7 Å². The first kappa shape index (κ1) is 16.9. The SMILES string of the molecule is CC(O)c1cc(Cl)cc(NC(=O)N(S)C(C)(C)C)c1O. The number of hydrogen-bond acceptors (Lipinski definition) is 4. The van der Waals surface area contributed by atoms with Crippen molar-refractivity contribution in [3.8, 4) is 5.75 Å². The Hall–Kier alpha value is -1.11. The van der Waals surface area contributed by atoms with E-state index in [0.717, 1.165) is 0 Å². The first-order valence-corrected chi connectivity index (χ1v) is 6.82. The Morgan fingerprint density at radius 1 is 1.45 bits per heavy atom. The van der Waals surface area contributed by atoms with Gasteiger partial charge in [-0.3, -0.25) is 4.31 Å². The predicted molar refractivity (Wildman–Crippen MR) is 83.3 cm³/mol. The highest BCUT2D eigenvalue weighted by molar-refractivity contribution is 7.78. The third-order valence-corrected chi connectivity index (χ3v) is 3.62. The van der Waals surface area contributed by atoms with Gasteiger partial charge in [0, 0.05) is 16.1 Å². The number of urea groups is 1. The molecule has 1 unspecified atom stereocenters. The van der Waals surface area contributed by atoms with E-state index >= 15 is 0 Å². The summed E-state index contributed by atoms with van der Waals surface area (Å²) in [5, 5.41) is 22.4. The summed E-state index contributed by atoms with van der Waals surface area (Å²) in [6.07, 6.45) is -0.904. The summed E-state index contributed by atoms with van der Waals surface area (Å²) >= 11 is 10.0. The lowest BCUT2D eigenvalue weighted by molar-refractivity contribution is 0.195. The molecule has 5 nitrogen and oxygen atoms in total. The fourth-order valence-electron chi connectivity index (χ4n) is 1.51. The van der Waals surface area contributed by atoms with E-state index in [1.54, 1.807) is 0 Å². The van der Waals surface area contributed by atoms with Crippen molar-refractivity contribution in [1.29, 1.82) is 0 Å². The van der Waals surface area contributed by atoms with Crippen LogP contribution in [-0.2, 0) is 0 Å². The highest BCUT2D eigenvalue weighted by atomic mass is 35.5. The number of phenolic OH excluding ortho intramolecular Hbond substituents is 1.